The Bertz CT molecular complexity index is 536. The molecular weight excluding hydrogens is 298 g/mol. The summed E-state index contributed by atoms with van der Waals surface area (Å²) < 4.78 is 1.14. The molecule has 0 aliphatic heterocycles. The summed E-state index contributed by atoms with van der Waals surface area (Å²) in [6.07, 6.45) is 2.08. The van der Waals surface area contributed by atoms with Crippen LogP contribution in [0.25, 0.3) is 0 Å². The average molecular weight is 318 g/mol. The number of halogens is 1. The molecule has 0 bridgehead atoms. The van der Waals surface area contributed by atoms with Crippen LogP contribution in [0.3, 0.4) is 0 Å². The second kappa shape index (κ2) is 6.88. The van der Waals surface area contributed by atoms with E-state index in [9.17, 15) is 0 Å². The van der Waals surface area contributed by atoms with E-state index in [0.717, 1.165) is 23.9 Å². The first-order valence-corrected chi connectivity index (χ1v) is 7.47. The molecule has 1 atom stereocenters. The van der Waals surface area contributed by atoms with Crippen LogP contribution in [-0.4, -0.2) is 6.54 Å². The summed E-state index contributed by atoms with van der Waals surface area (Å²) in [6.45, 7) is 2.89. The third-order valence-corrected chi connectivity index (χ3v) is 4.01. The quantitative estimate of drug-likeness (QED) is 0.882. The van der Waals surface area contributed by atoms with E-state index in [1.807, 2.05) is 0 Å². The van der Waals surface area contributed by atoms with Crippen LogP contribution in [0.2, 0.25) is 0 Å². The molecule has 0 saturated carbocycles. The predicted molar refractivity (Wildman–Crippen MR) is 85.3 cm³/mol. The summed E-state index contributed by atoms with van der Waals surface area (Å²) in [5, 5.41) is 0. The van der Waals surface area contributed by atoms with Gasteiger partial charge in [-0.3, -0.25) is 0 Å². The van der Waals surface area contributed by atoms with Gasteiger partial charge in [-0.15, -0.1) is 0 Å². The van der Waals surface area contributed by atoms with E-state index in [2.05, 4.69) is 71.4 Å². The average Bonchev–Trinajstić information content (AvgIpc) is 2.40. The molecule has 1 unspecified atom stereocenters. The molecule has 2 heteroatoms. The first-order chi connectivity index (χ1) is 9.19. The van der Waals surface area contributed by atoms with Gasteiger partial charge in [0.1, 0.15) is 0 Å². The van der Waals surface area contributed by atoms with Gasteiger partial charge in [0, 0.05) is 4.47 Å². The maximum atomic E-state index is 5.94. The predicted octanol–water partition coefficient (Wildman–Crippen LogP) is 4.12. The summed E-state index contributed by atoms with van der Waals surface area (Å²) in [6, 6.07) is 17.1. The SMILES string of the molecule is Cc1ccccc1CC(CN)Cc1cccc(Br)c1. The highest BCUT2D eigenvalue weighted by Gasteiger charge is 2.10. The van der Waals surface area contributed by atoms with Crippen molar-refractivity contribution in [3.8, 4) is 0 Å². The van der Waals surface area contributed by atoms with Gasteiger partial charge < -0.3 is 5.73 Å². The lowest BCUT2D eigenvalue weighted by Gasteiger charge is -2.16. The number of rotatable bonds is 5. The standard InChI is InChI=1S/C17H20BrN/c1-13-5-2-3-7-16(13)10-15(12-19)9-14-6-4-8-17(18)11-14/h2-8,11,15H,9-10,12,19H2,1H3. The van der Waals surface area contributed by atoms with Gasteiger partial charge in [-0.1, -0.05) is 52.3 Å². The molecule has 0 aliphatic rings. The first kappa shape index (κ1) is 14.3. The van der Waals surface area contributed by atoms with Crippen LogP contribution in [0, 0.1) is 12.8 Å². The van der Waals surface area contributed by atoms with Crippen molar-refractivity contribution in [2.75, 3.05) is 6.54 Å². The molecule has 0 aromatic heterocycles. The van der Waals surface area contributed by atoms with E-state index in [-0.39, 0.29) is 0 Å². The van der Waals surface area contributed by atoms with Crippen molar-refractivity contribution >= 4 is 15.9 Å². The van der Waals surface area contributed by atoms with E-state index in [4.69, 9.17) is 5.73 Å². The second-order valence-corrected chi connectivity index (χ2v) is 5.98. The Hall–Kier alpha value is -1.12. The van der Waals surface area contributed by atoms with Crippen LogP contribution >= 0.6 is 15.9 Å². The van der Waals surface area contributed by atoms with Crippen molar-refractivity contribution in [3.63, 3.8) is 0 Å². The summed E-state index contributed by atoms with van der Waals surface area (Å²) >= 11 is 3.52. The Morgan fingerprint density at radius 1 is 1.05 bits per heavy atom. The highest BCUT2D eigenvalue weighted by Crippen LogP contribution is 2.19. The largest absolute Gasteiger partial charge is 0.330 e. The van der Waals surface area contributed by atoms with Gasteiger partial charge in [-0.25, -0.2) is 0 Å². The van der Waals surface area contributed by atoms with Crippen molar-refractivity contribution in [2.24, 2.45) is 11.7 Å². The van der Waals surface area contributed by atoms with Crippen LogP contribution < -0.4 is 5.73 Å². The van der Waals surface area contributed by atoms with Gasteiger partial charge in [-0.2, -0.15) is 0 Å². The molecule has 2 rings (SSSR count). The highest BCUT2D eigenvalue weighted by molar-refractivity contribution is 9.10. The molecule has 19 heavy (non-hydrogen) atoms. The van der Waals surface area contributed by atoms with Crippen LogP contribution in [0.4, 0.5) is 0 Å². The number of aryl methyl sites for hydroxylation is 1. The molecule has 0 heterocycles. The second-order valence-electron chi connectivity index (χ2n) is 5.07. The molecule has 0 saturated heterocycles. The number of benzene rings is 2. The molecule has 2 aromatic carbocycles. The maximum absolute atomic E-state index is 5.94. The minimum atomic E-state index is 0.496. The third kappa shape index (κ3) is 4.19. The van der Waals surface area contributed by atoms with Crippen molar-refractivity contribution in [3.05, 3.63) is 69.7 Å². The van der Waals surface area contributed by atoms with E-state index in [1.54, 1.807) is 0 Å². The first-order valence-electron chi connectivity index (χ1n) is 6.68. The zero-order valence-electron chi connectivity index (χ0n) is 11.3. The fourth-order valence-electron chi connectivity index (χ4n) is 2.39. The summed E-state index contributed by atoms with van der Waals surface area (Å²) in [4.78, 5) is 0. The Balaban J connectivity index is 2.07. The van der Waals surface area contributed by atoms with Gasteiger partial charge in [-0.05, 0) is 61.1 Å². The number of hydrogen-bond acceptors (Lipinski definition) is 1. The molecule has 2 N–H and O–H groups in total. The zero-order chi connectivity index (χ0) is 13.7. The summed E-state index contributed by atoms with van der Waals surface area (Å²) in [5.74, 6) is 0.496. The lowest BCUT2D eigenvalue weighted by molar-refractivity contribution is 0.532. The highest BCUT2D eigenvalue weighted by atomic mass is 79.9. The van der Waals surface area contributed by atoms with Gasteiger partial charge in [0.25, 0.3) is 0 Å². The van der Waals surface area contributed by atoms with Crippen molar-refractivity contribution in [2.45, 2.75) is 19.8 Å². The minimum absolute atomic E-state index is 0.496. The Morgan fingerprint density at radius 2 is 1.84 bits per heavy atom. The smallest absolute Gasteiger partial charge is 0.0177 e. The van der Waals surface area contributed by atoms with E-state index in [1.165, 1.54) is 16.7 Å². The van der Waals surface area contributed by atoms with E-state index >= 15 is 0 Å². The molecule has 100 valence electrons. The molecule has 0 spiro atoms. The van der Waals surface area contributed by atoms with Gasteiger partial charge in [0.15, 0.2) is 0 Å². The molecule has 2 aromatic rings. The fourth-order valence-corrected chi connectivity index (χ4v) is 2.83. The van der Waals surface area contributed by atoms with Crippen LogP contribution in [0.15, 0.2) is 53.0 Å². The van der Waals surface area contributed by atoms with Gasteiger partial charge in [0.2, 0.25) is 0 Å². The normalized spacial score (nSPS) is 12.4. The number of nitrogens with two attached hydrogens (primary N) is 1. The summed E-state index contributed by atoms with van der Waals surface area (Å²) in [5.41, 5.74) is 10.1. The van der Waals surface area contributed by atoms with Crippen LogP contribution in [0.5, 0.6) is 0 Å². The van der Waals surface area contributed by atoms with Crippen molar-refractivity contribution < 1.29 is 0 Å². The Labute approximate surface area is 124 Å². The molecule has 0 radical (unpaired) electrons. The van der Waals surface area contributed by atoms with Crippen LogP contribution in [-0.2, 0) is 12.8 Å². The molecule has 0 aliphatic carbocycles. The number of hydrogen-bond donors (Lipinski definition) is 1. The summed E-state index contributed by atoms with van der Waals surface area (Å²) in [7, 11) is 0. The molecular formula is C17H20BrN. The lowest BCUT2D eigenvalue weighted by Crippen LogP contribution is -2.19. The monoisotopic (exact) mass is 317 g/mol. The van der Waals surface area contributed by atoms with Gasteiger partial charge >= 0.3 is 0 Å². The molecule has 0 amide bonds. The lowest BCUT2D eigenvalue weighted by atomic mass is 9.91. The Kier molecular flexibility index (Phi) is 5.17. The fraction of sp³-hybridized carbons (Fsp3) is 0.294. The van der Waals surface area contributed by atoms with Crippen molar-refractivity contribution in [1.29, 1.82) is 0 Å². The maximum Gasteiger partial charge on any atom is 0.0177 e. The van der Waals surface area contributed by atoms with Gasteiger partial charge in [0.05, 0.1) is 0 Å². The Morgan fingerprint density at radius 3 is 2.53 bits per heavy atom. The molecule has 0 fully saturated rings. The van der Waals surface area contributed by atoms with E-state index in [0.29, 0.717) is 5.92 Å². The zero-order valence-corrected chi connectivity index (χ0v) is 12.9. The topological polar surface area (TPSA) is 26.0 Å². The molecule has 1 nitrogen and oxygen atoms in total. The van der Waals surface area contributed by atoms with E-state index < -0.39 is 0 Å². The van der Waals surface area contributed by atoms with Crippen LogP contribution in [0.1, 0.15) is 16.7 Å². The van der Waals surface area contributed by atoms with Crippen molar-refractivity contribution in [1.82, 2.24) is 0 Å². The minimum Gasteiger partial charge on any atom is -0.330 e. The third-order valence-electron chi connectivity index (χ3n) is 3.52.